The Kier molecular flexibility index (Phi) is 5.65. The normalized spacial score (nSPS) is 24.0. The first kappa shape index (κ1) is 19.3. The van der Waals surface area contributed by atoms with Crippen LogP contribution in [0.25, 0.3) is 0 Å². The summed E-state index contributed by atoms with van der Waals surface area (Å²) in [6.45, 7) is 7.99. The minimum absolute atomic E-state index is 0.548. The third kappa shape index (κ3) is 4.06. The number of anilines is 1. The molecule has 4 rings (SSSR count). The lowest BCUT2D eigenvalue weighted by atomic mass is 9.93. The van der Waals surface area contributed by atoms with Gasteiger partial charge >= 0.3 is 0 Å². The highest BCUT2D eigenvalue weighted by Crippen LogP contribution is 2.35. The molecule has 1 aromatic heterocycles. The first-order valence-electron chi connectivity index (χ1n) is 10.7. The maximum absolute atomic E-state index is 11.1. The molecule has 0 bridgehead atoms. The topological polar surface area (TPSA) is 52.5 Å². The summed E-state index contributed by atoms with van der Waals surface area (Å²) in [6.07, 6.45) is 5.08. The number of β-amino-alcohol motifs (C(OH)–C–C–N with tert-alkyl or cyclic N) is 1. The molecule has 0 radical (unpaired) electrons. The minimum Gasteiger partial charge on any atom is -0.384 e. The van der Waals surface area contributed by atoms with Crippen molar-refractivity contribution in [3.05, 3.63) is 53.5 Å². The van der Waals surface area contributed by atoms with Gasteiger partial charge in [-0.2, -0.15) is 0 Å². The fourth-order valence-corrected chi connectivity index (χ4v) is 4.69. The third-order valence-electron chi connectivity index (χ3n) is 6.25. The lowest BCUT2D eigenvalue weighted by Crippen LogP contribution is -2.45. The Balaban J connectivity index is 1.37. The summed E-state index contributed by atoms with van der Waals surface area (Å²) in [5.41, 5.74) is 1.41. The van der Waals surface area contributed by atoms with Crippen molar-refractivity contribution in [2.75, 3.05) is 31.1 Å². The van der Waals surface area contributed by atoms with E-state index in [-0.39, 0.29) is 0 Å². The van der Waals surface area contributed by atoms with Gasteiger partial charge in [0.05, 0.1) is 0 Å². The Labute approximate surface area is 168 Å². The van der Waals surface area contributed by atoms with Crippen molar-refractivity contribution in [2.24, 2.45) is 0 Å². The highest BCUT2D eigenvalue weighted by molar-refractivity contribution is 5.40. The first-order chi connectivity index (χ1) is 13.6. The molecular formula is C23H32N4O. The average molecular weight is 381 g/mol. The van der Waals surface area contributed by atoms with Gasteiger partial charge in [-0.25, -0.2) is 9.97 Å². The van der Waals surface area contributed by atoms with Gasteiger partial charge in [-0.1, -0.05) is 37.3 Å². The van der Waals surface area contributed by atoms with Gasteiger partial charge < -0.3 is 10.0 Å². The van der Waals surface area contributed by atoms with Crippen molar-refractivity contribution in [3.63, 3.8) is 0 Å². The van der Waals surface area contributed by atoms with Gasteiger partial charge in [0, 0.05) is 50.4 Å². The van der Waals surface area contributed by atoms with E-state index in [4.69, 9.17) is 4.98 Å². The van der Waals surface area contributed by atoms with Gasteiger partial charge in [-0.15, -0.1) is 0 Å². The van der Waals surface area contributed by atoms with Crippen LogP contribution < -0.4 is 4.90 Å². The lowest BCUT2D eigenvalue weighted by Gasteiger charge is -2.38. The van der Waals surface area contributed by atoms with E-state index in [1.165, 1.54) is 0 Å². The second-order valence-corrected chi connectivity index (χ2v) is 8.37. The Morgan fingerprint density at radius 1 is 1.11 bits per heavy atom. The van der Waals surface area contributed by atoms with Gasteiger partial charge in [0.25, 0.3) is 0 Å². The first-order valence-corrected chi connectivity index (χ1v) is 10.7. The molecule has 0 spiro atoms. The van der Waals surface area contributed by atoms with E-state index in [1.807, 2.05) is 18.2 Å². The molecule has 2 aliphatic heterocycles. The summed E-state index contributed by atoms with van der Waals surface area (Å²) in [4.78, 5) is 14.3. The van der Waals surface area contributed by atoms with E-state index in [9.17, 15) is 5.11 Å². The molecule has 150 valence electrons. The van der Waals surface area contributed by atoms with Crippen LogP contribution in [0.15, 0.2) is 36.4 Å². The Morgan fingerprint density at radius 3 is 2.57 bits per heavy atom. The van der Waals surface area contributed by atoms with Crippen LogP contribution in [0.2, 0.25) is 0 Å². The minimum atomic E-state index is -0.697. The monoisotopic (exact) mass is 380 g/mol. The van der Waals surface area contributed by atoms with Crippen molar-refractivity contribution in [2.45, 2.75) is 57.6 Å². The number of hydrogen-bond donors (Lipinski definition) is 1. The van der Waals surface area contributed by atoms with Crippen molar-refractivity contribution >= 4 is 5.82 Å². The van der Waals surface area contributed by atoms with Crippen LogP contribution in [-0.4, -0.2) is 52.2 Å². The van der Waals surface area contributed by atoms with Crippen LogP contribution in [-0.2, 0) is 12.0 Å². The molecule has 2 fully saturated rings. The van der Waals surface area contributed by atoms with Crippen LogP contribution in [0.3, 0.4) is 0 Å². The van der Waals surface area contributed by atoms with E-state index in [1.54, 1.807) is 0 Å². The molecule has 5 nitrogen and oxygen atoms in total. The van der Waals surface area contributed by atoms with Crippen molar-refractivity contribution in [1.82, 2.24) is 14.9 Å². The zero-order valence-electron chi connectivity index (χ0n) is 17.1. The number of aryl methyl sites for hydroxylation is 2. The highest BCUT2D eigenvalue weighted by Gasteiger charge is 2.40. The molecule has 1 aromatic carbocycles. The highest BCUT2D eigenvalue weighted by atomic mass is 16.3. The predicted octanol–water partition coefficient (Wildman–Crippen LogP) is 3.30. The molecule has 1 unspecified atom stereocenters. The summed E-state index contributed by atoms with van der Waals surface area (Å²) >= 11 is 0. The molecule has 2 saturated heterocycles. The molecule has 1 atom stereocenters. The molecule has 0 saturated carbocycles. The Bertz CT molecular complexity index is 788. The van der Waals surface area contributed by atoms with Crippen molar-refractivity contribution in [3.8, 4) is 0 Å². The van der Waals surface area contributed by atoms with E-state index < -0.39 is 5.60 Å². The summed E-state index contributed by atoms with van der Waals surface area (Å²) in [5, 5.41) is 11.1. The average Bonchev–Trinajstić information content (AvgIpc) is 3.12. The molecule has 28 heavy (non-hydrogen) atoms. The van der Waals surface area contributed by atoms with Crippen LogP contribution >= 0.6 is 0 Å². The van der Waals surface area contributed by atoms with Gasteiger partial charge in [0.15, 0.2) is 0 Å². The van der Waals surface area contributed by atoms with E-state index in [0.29, 0.717) is 6.04 Å². The molecule has 2 aliphatic rings. The number of piperidine rings is 1. The zero-order chi connectivity index (χ0) is 19.6. The van der Waals surface area contributed by atoms with Crippen LogP contribution in [0.1, 0.15) is 49.7 Å². The number of hydrogen-bond acceptors (Lipinski definition) is 5. The SMILES string of the molecule is CCCc1nc(C)cc(N2CCC(N3CCC(O)(c4ccccc4)C3)CC2)n1. The number of aromatic nitrogens is 2. The van der Waals surface area contributed by atoms with E-state index >= 15 is 0 Å². The third-order valence-corrected chi connectivity index (χ3v) is 6.25. The number of aliphatic hydroxyl groups is 1. The van der Waals surface area contributed by atoms with Crippen molar-refractivity contribution < 1.29 is 5.11 Å². The molecule has 5 heteroatoms. The Morgan fingerprint density at radius 2 is 1.86 bits per heavy atom. The van der Waals surface area contributed by atoms with E-state index in [2.05, 4.69) is 46.8 Å². The molecule has 3 heterocycles. The summed E-state index contributed by atoms with van der Waals surface area (Å²) in [6, 6.07) is 12.8. The number of nitrogens with zero attached hydrogens (tertiary/aromatic N) is 4. The smallest absolute Gasteiger partial charge is 0.132 e. The molecule has 2 aromatic rings. The maximum Gasteiger partial charge on any atom is 0.132 e. The molecule has 0 amide bonds. The fourth-order valence-electron chi connectivity index (χ4n) is 4.69. The Hall–Kier alpha value is -1.98. The maximum atomic E-state index is 11.1. The van der Waals surface area contributed by atoms with Gasteiger partial charge in [0.2, 0.25) is 0 Å². The quantitative estimate of drug-likeness (QED) is 0.863. The summed E-state index contributed by atoms with van der Waals surface area (Å²) in [5.74, 6) is 2.05. The second kappa shape index (κ2) is 8.18. The van der Waals surface area contributed by atoms with Gasteiger partial charge in [-0.05, 0) is 38.2 Å². The molecule has 1 N–H and O–H groups in total. The van der Waals surface area contributed by atoms with Gasteiger partial charge in [-0.3, -0.25) is 4.90 Å². The summed E-state index contributed by atoms with van der Waals surface area (Å²) in [7, 11) is 0. The van der Waals surface area contributed by atoms with Crippen molar-refractivity contribution in [1.29, 1.82) is 0 Å². The van der Waals surface area contributed by atoms with E-state index in [0.717, 1.165) is 81.2 Å². The van der Waals surface area contributed by atoms with Crippen LogP contribution in [0.4, 0.5) is 5.82 Å². The fraction of sp³-hybridized carbons (Fsp3) is 0.565. The van der Waals surface area contributed by atoms with Crippen LogP contribution in [0, 0.1) is 6.92 Å². The van der Waals surface area contributed by atoms with Gasteiger partial charge in [0.1, 0.15) is 17.2 Å². The second-order valence-electron chi connectivity index (χ2n) is 8.37. The largest absolute Gasteiger partial charge is 0.384 e. The zero-order valence-corrected chi connectivity index (χ0v) is 17.1. The number of likely N-dealkylation sites (tertiary alicyclic amines) is 1. The lowest BCUT2D eigenvalue weighted by molar-refractivity contribution is 0.0385. The number of benzene rings is 1. The standard InChI is InChI=1S/C23H32N4O/c1-3-7-21-24-18(2)16-22(25-21)26-13-10-20(11-14-26)27-15-12-23(28,17-27)19-8-5-4-6-9-19/h4-6,8-9,16,20,28H,3,7,10-15,17H2,1-2H3. The van der Waals surface area contributed by atoms with Crippen LogP contribution in [0.5, 0.6) is 0 Å². The summed E-state index contributed by atoms with van der Waals surface area (Å²) < 4.78 is 0. The number of rotatable bonds is 5. The molecule has 0 aliphatic carbocycles. The predicted molar refractivity (Wildman–Crippen MR) is 113 cm³/mol. The molecular weight excluding hydrogens is 348 g/mol.